The molecule has 1 fully saturated rings. The number of benzene rings is 1. The largest absolute Gasteiger partial charge is 0.417 e. The smallest absolute Gasteiger partial charge is 0.367 e. The van der Waals surface area contributed by atoms with Gasteiger partial charge < -0.3 is 4.90 Å². The number of hydrogen-bond acceptors (Lipinski definition) is 3. The quantitative estimate of drug-likeness (QED) is 0.774. The van der Waals surface area contributed by atoms with Gasteiger partial charge in [0.2, 0.25) is 0 Å². The molecule has 1 heterocycles. The molecule has 2 unspecified atom stereocenters. The lowest BCUT2D eigenvalue weighted by molar-refractivity contribution is -0.137. The first-order chi connectivity index (χ1) is 9.34. The summed E-state index contributed by atoms with van der Waals surface area (Å²) in [4.78, 5) is 12.7. The molecule has 1 aromatic rings. The van der Waals surface area contributed by atoms with Crippen molar-refractivity contribution in [2.24, 2.45) is 0 Å². The Morgan fingerprint density at radius 1 is 1.35 bits per heavy atom. The third-order valence-electron chi connectivity index (χ3n) is 3.68. The third-order valence-corrected chi connectivity index (χ3v) is 5.02. The van der Waals surface area contributed by atoms with Crippen molar-refractivity contribution >= 4 is 23.7 Å². The molecular formula is C14H16F3NOS. The van der Waals surface area contributed by atoms with Crippen molar-refractivity contribution < 1.29 is 18.0 Å². The van der Waals surface area contributed by atoms with Gasteiger partial charge in [0.25, 0.3) is 0 Å². The number of alkyl halides is 3. The van der Waals surface area contributed by atoms with Crippen molar-refractivity contribution in [2.45, 2.75) is 31.3 Å². The Bertz CT molecular complexity index is 504. The standard InChI is InChI=1S/C14H16F3NOS/c1-9-10(2)20-6-5-18(9)12-4-3-11(8-19)13(7-12)14(15,16)17/h3-4,7-10H,5-6H2,1-2H3. The molecule has 0 saturated carbocycles. The van der Waals surface area contributed by atoms with Gasteiger partial charge in [-0.05, 0) is 25.1 Å². The second-order valence-corrected chi connectivity index (χ2v) is 6.38. The van der Waals surface area contributed by atoms with Crippen molar-refractivity contribution in [1.82, 2.24) is 0 Å². The van der Waals surface area contributed by atoms with Crippen molar-refractivity contribution in [3.05, 3.63) is 29.3 Å². The molecule has 1 aliphatic rings. The fourth-order valence-electron chi connectivity index (χ4n) is 2.37. The SMILES string of the molecule is CC1SCCN(c2ccc(C=O)c(C(F)(F)F)c2)C1C. The fraction of sp³-hybridized carbons (Fsp3) is 0.500. The van der Waals surface area contributed by atoms with Crippen LogP contribution in [0.15, 0.2) is 18.2 Å². The lowest BCUT2D eigenvalue weighted by Crippen LogP contribution is -2.44. The molecule has 0 radical (unpaired) electrons. The van der Waals surface area contributed by atoms with Gasteiger partial charge in [0.05, 0.1) is 5.56 Å². The first-order valence-corrected chi connectivity index (χ1v) is 7.44. The van der Waals surface area contributed by atoms with Gasteiger partial charge in [-0.3, -0.25) is 4.79 Å². The van der Waals surface area contributed by atoms with E-state index in [1.54, 1.807) is 6.07 Å². The first-order valence-electron chi connectivity index (χ1n) is 6.39. The van der Waals surface area contributed by atoms with E-state index in [4.69, 9.17) is 0 Å². The molecule has 2 rings (SSSR count). The summed E-state index contributed by atoms with van der Waals surface area (Å²) < 4.78 is 38.9. The summed E-state index contributed by atoms with van der Waals surface area (Å²) >= 11 is 1.82. The molecule has 110 valence electrons. The van der Waals surface area contributed by atoms with Crippen molar-refractivity contribution in [2.75, 3.05) is 17.2 Å². The Morgan fingerprint density at radius 3 is 2.65 bits per heavy atom. The predicted molar refractivity (Wildman–Crippen MR) is 75.6 cm³/mol. The van der Waals surface area contributed by atoms with Crippen molar-refractivity contribution in [1.29, 1.82) is 0 Å². The summed E-state index contributed by atoms with van der Waals surface area (Å²) in [5.74, 6) is 0.891. The lowest BCUT2D eigenvalue weighted by Gasteiger charge is -2.39. The highest BCUT2D eigenvalue weighted by Crippen LogP contribution is 2.36. The van der Waals surface area contributed by atoms with Crippen LogP contribution in [-0.2, 0) is 6.18 Å². The van der Waals surface area contributed by atoms with E-state index in [9.17, 15) is 18.0 Å². The van der Waals surface area contributed by atoms with Crippen LogP contribution >= 0.6 is 11.8 Å². The molecular weight excluding hydrogens is 287 g/mol. The van der Waals surface area contributed by atoms with E-state index in [-0.39, 0.29) is 17.9 Å². The van der Waals surface area contributed by atoms with Crippen LogP contribution in [0.1, 0.15) is 29.8 Å². The molecule has 0 N–H and O–H groups in total. The zero-order chi connectivity index (χ0) is 14.9. The van der Waals surface area contributed by atoms with Crippen LogP contribution in [0.5, 0.6) is 0 Å². The van der Waals surface area contributed by atoms with E-state index >= 15 is 0 Å². The molecule has 1 aromatic carbocycles. The van der Waals surface area contributed by atoms with Crippen LogP contribution in [0.3, 0.4) is 0 Å². The number of halogens is 3. The van der Waals surface area contributed by atoms with Crippen LogP contribution in [0.25, 0.3) is 0 Å². The molecule has 1 aliphatic heterocycles. The normalized spacial score (nSPS) is 23.8. The van der Waals surface area contributed by atoms with Gasteiger partial charge in [-0.1, -0.05) is 6.92 Å². The minimum Gasteiger partial charge on any atom is -0.367 e. The molecule has 6 heteroatoms. The van der Waals surface area contributed by atoms with Gasteiger partial charge in [0, 0.05) is 34.8 Å². The number of rotatable bonds is 2. The lowest BCUT2D eigenvalue weighted by atomic mass is 10.1. The highest BCUT2D eigenvalue weighted by Gasteiger charge is 2.35. The maximum atomic E-state index is 13.0. The highest BCUT2D eigenvalue weighted by atomic mass is 32.2. The van der Waals surface area contributed by atoms with E-state index in [0.29, 0.717) is 17.5 Å². The summed E-state index contributed by atoms with van der Waals surface area (Å²) in [5.41, 5.74) is -0.640. The summed E-state index contributed by atoms with van der Waals surface area (Å²) in [6.45, 7) is 4.80. The number of thioether (sulfide) groups is 1. The van der Waals surface area contributed by atoms with E-state index in [2.05, 4.69) is 6.92 Å². The van der Waals surface area contributed by atoms with Crippen LogP contribution in [-0.4, -0.2) is 29.9 Å². The maximum absolute atomic E-state index is 13.0. The summed E-state index contributed by atoms with van der Waals surface area (Å²) in [7, 11) is 0. The summed E-state index contributed by atoms with van der Waals surface area (Å²) in [5, 5.41) is 0.365. The first kappa shape index (κ1) is 15.2. The average molecular weight is 303 g/mol. The average Bonchev–Trinajstić information content (AvgIpc) is 2.40. The van der Waals surface area contributed by atoms with Gasteiger partial charge in [-0.15, -0.1) is 0 Å². The monoisotopic (exact) mass is 303 g/mol. The summed E-state index contributed by atoms with van der Waals surface area (Å²) in [6, 6.07) is 4.10. The molecule has 0 amide bonds. The van der Waals surface area contributed by atoms with Crippen molar-refractivity contribution in [3.63, 3.8) is 0 Å². The fourth-order valence-corrected chi connectivity index (χ4v) is 3.47. The van der Waals surface area contributed by atoms with Gasteiger partial charge >= 0.3 is 6.18 Å². The van der Waals surface area contributed by atoms with E-state index in [0.717, 1.165) is 11.8 Å². The Kier molecular flexibility index (Phi) is 4.32. The Hall–Kier alpha value is -1.17. The molecule has 0 aliphatic carbocycles. The van der Waals surface area contributed by atoms with Gasteiger partial charge in [-0.25, -0.2) is 0 Å². The molecule has 2 nitrogen and oxygen atoms in total. The second-order valence-electron chi connectivity index (χ2n) is 4.90. The predicted octanol–water partition coefficient (Wildman–Crippen LogP) is 3.85. The van der Waals surface area contributed by atoms with Crippen LogP contribution < -0.4 is 4.90 Å². The number of anilines is 1. The highest BCUT2D eigenvalue weighted by molar-refractivity contribution is 8.00. The zero-order valence-corrected chi connectivity index (χ0v) is 12.1. The Balaban J connectivity index is 2.40. The maximum Gasteiger partial charge on any atom is 0.417 e. The Labute approximate surface area is 120 Å². The number of nitrogens with zero attached hydrogens (tertiary/aromatic N) is 1. The molecule has 0 aromatic heterocycles. The number of carbonyl (C=O) groups is 1. The minimum absolute atomic E-state index is 0.164. The van der Waals surface area contributed by atoms with E-state index in [1.165, 1.54) is 6.07 Å². The zero-order valence-electron chi connectivity index (χ0n) is 11.3. The third kappa shape index (κ3) is 2.95. The molecule has 0 spiro atoms. The van der Waals surface area contributed by atoms with Crippen LogP contribution in [0.2, 0.25) is 0 Å². The van der Waals surface area contributed by atoms with Gasteiger partial charge in [0.1, 0.15) is 0 Å². The Morgan fingerprint density at radius 2 is 2.05 bits per heavy atom. The van der Waals surface area contributed by atoms with Crippen LogP contribution in [0.4, 0.5) is 18.9 Å². The van der Waals surface area contributed by atoms with E-state index in [1.807, 2.05) is 23.6 Å². The van der Waals surface area contributed by atoms with E-state index < -0.39 is 11.7 Å². The second kappa shape index (κ2) is 5.68. The number of aldehydes is 1. The topological polar surface area (TPSA) is 20.3 Å². The number of carbonyl (C=O) groups excluding carboxylic acids is 1. The molecule has 0 bridgehead atoms. The van der Waals surface area contributed by atoms with Gasteiger partial charge in [-0.2, -0.15) is 24.9 Å². The molecule has 2 atom stereocenters. The van der Waals surface area contributed by atoms with Crippen molar-refractivity contribution in [3.8, 4) is 0 Å². The van der Waals surface area contributed by atoms with Crippen LogP contribution in [0, 0.1) is 0 Å². The van der Waals surface area contributed by atoms with Gasteiger partial charge in [0.15, 0.2) is 6.29 Å². The number of hydrogen-bond donors (Lipinski definition) is 0. The molecule has 1 saturated heterocycles. The molecule has 20 heavy (non-hydrogen) atoms. The summed E-state index contributed by atoms with van der Waals surface area (Å²) in [6.07, 6.45) is -4.25. The minimum atomic E-state index is -4.51.